The van der Waals surface area contributed by atoms with Crippen LogP contribution in [0.5, 0.6) is 17.2 Å². The van der Waals surface area contributed by atoms with E-state index in [1.807, 2.05) is 37.3 Å². The summed E-state index contributed by atoms with van der Waals surface area (Å²) in [6.45, 7) is 3.72. The summed E-state index contributed by atoms with van der Waals surface area (Å²) < 4.78 is 11.2. The van der Waals surface area contributed by atoms with Gasteiger partial charge < -0.3 is 14.6 Å². The van der Waals surface area contributed by atoms with Gasteiger partial charge >= 0.3 is 0 Å². The van der Waals surface area contributed by atoms with Gasteiger partial charge in [0, 0.05) is 5.02 Å². The van der Waals surface area contributed by atoms with E-state index in [9.17, 15) is 5.11 Å². The Hall–Kier alpha value is -1.71. The number of halogens is 1. The molecule has 0 heterocycles. The summed E-state index contributed by atoms with van der Waals surface area (Å²) in [4.78, 5) is 0. The van der Waals surface area contributed by atoms with E-state index in [1.165, 1.54) is 0 Å². The summed E-state index contributed by atoms with van der Waals surface area (Å²) in [5.41, 5.74) is 1.66. The molecule has 0 fully saturated rings. The van der Waals surface area contributed by atoms with E-state index in [-0.39, 0.29) is 0 Å². The molecule has 0 aliphatic carbocycles. The molecule has 0 spiro atoms. The van der Waals surface area contributed by atoms with E-state index in [2.05, 4.69) is 0 Å². The van der Waals surface area contributed by atoms with Crippen LogP contribution in [0.15, 0.2) is 36.4 Å². The molecule has 21 heavy (non-hydrogen) atoms. The third kappa shape index (κ3) is 3.49. The first-order valence-corrected chi connectivity index (χ1v) is 7.25. The molecule has 0 aliphatic rings. The lowest BCUT2D eigenvalue weighted by Gasteiger charge is -2.17. The molecule has 0 radical (unpaired) electrons. The molecule has 1 unspecified atom stereocenters. The van der Waals surface area contributed by atoms with Crippen molar-refractivity contribution in [3.63, 3.8) is 0 Å². The van der Waals surface area contributed by atoms with Crippen LogP contribution in [0.1, 0.15) is 31.1 Å². The molecule has 0 amide bonds. The maximum atomic E-state index is 9.96. The maximum absolute atomic E-state index is 9.96. The van der Waals surface area contributed by atoms with Crippen LogP contribution in [0.25, 0.3) is 0 Å². The molecule has 0 aromatic heterocycles. The van der Waals surface area contributed by atoms with Crippen LogP contribution in [0.4, 0.5) is 0 Å². The van der Waals surface area contributed by atoms with Gasteiger partial charge in [0.1, 0.15) is 17.2 Å². The Balaban J connectivity index is 2.39. The molecule has 0 aliphatic heterocycles. The van der Waals surface area contributed by atoms with Crippen molar-refractivity contribution in [1.29, 1.82) is 0 Å². The van der Waals surface area contributed by atoms with E-state index in [4.69, 9.17) is 21.1 Å². The van der Waals surface area contributed by atoms with Gasteiger partial charge in [-0.2, -0.15) is 0 Å². The number of hydrogen-bond donors (Lipinski definition) is 1. The second kappa shape index (κ2) is 6.83. The highest BCUT2D eigenvalue weighted by Gasteiger charge is 2.16. The van der Waals surface area contributed by atoms with Gasteiger partial charge in [0.05, 0.1) is 18.8 Å². The molecule has 2 aromatic carbocycles. The summed E-state index contributed by atoms with van der Waals surface area (Å²) in [5.74, 6) is 1.87. The van der Waals surface area contributed by atoms with Gasteiger partial charge in [-0.3, -0.25) is 0 Å². The number of aliphatic hydroxyl groups is 1. The van der Waals surface area contributed by atoms with E-state index in [1.54, 1.807) is 20.1 Å². The minimum Gasteiger partial charge on any atom is -0.496 e. The first-order chi connectivity index (χ1) is 10.1. The average molecular weight is 307 g/mol. The van der Waals surface area contributed by atoms with Crippen LogP contribution < -0.4 is 9.47 Å². The lowest BCUT2D eigenvalue weighted by atomic mass is 10.1. The highest BCUT2D eigenvalue weighted by Crippen LogP contribution is 2.37. The van der Waals surface area contributed by atoms with Gasteiger partial charge in [0.2, 0.25) is 0 Å². The zero-order chi connectivity index (χ0) is 15.4. The summed E-state index contributed by atoms with van der Waals surface area (Å²) in [7, 11) is 1.57. The minimum atomic E-state index is -0.686. The Bertz CT molecular complexity index is 623. The predicted octanol–water partition coefficient (Wildman–Crippen LogP) is 4.76. The Morgan fingerprint density at radius 1 is 1.19 bits per heavy atom. The second-order valence-electron chi connectivity index (χ2n) is 4.76. The number of aliphatic hydroxyl groups excluding tert-OH is 1. The molecule has 4 heteroatoms. The van der Waals surface area contributed by atoms with E-state index < -0.39 is 6.10 Å². The SMILES string of the molecule is CCc1cc(Oc2cccc(OC)c2C(C)O)ccc1Cl. The third-order valence-electron chi connectivity index (χ3n) is 3.29. The Morgan fingerprint density at radius 3 is 2.52 bits per heavy atom. The molecule has 0 saturated carbocycles. The van der Waals surface area contributed by atoms with Crippen LogP contribution in [0, 0.1) is 0 Å². The summed E-state index contributed by atoms with van der Waals surface area (Å²) in [6.07, 6.45) is 0.145. The molecule has 112 valence electrons. The lowest BCUT2D eigenvalue weighted by Crippen LogP contribution is -2.00. The van der Waals surface area contributed by atoms with Gasteiger partial charge in [-0.25, -0.2) is 0 Å². The number of methoxy groups -OCH3 is 1. The van der Waals surface area contributed by atoms with Crippen LogP contribution in [0.2, 0.25) is 5.02 Å². The molecular formula is C17H19ClO3. The first-order valence-electron chi connectivity index (χ1n) is 6.88. The van der Waals surface area contributed by atoms with Crippen LogP contribution in [-0.2, 0) is 6.42 Å². The molecular weight excluding hydrogens is 288 g/mol. The molecule has 3 nitrogen and oxygen atoms in total. The van der Waals surface area contributed by atoms with Crippen LogP contribution in [0.3, 0.4) is 0 Å². The van der Waals surface area contributed by atoms with Gasteiger partial charge in [0.15, 0.2) is 0 Å². The molecule has 2 aromatic rings. The summed E-state index contributed by atoms with van der Waals surface area (Å²) in [6, 6.07) is 11.0. The predicted molar refractivity (Wildman–Crippen MR) is 84.5 cm³/mol. The lowest BCUT2D eigenvalue weighted by molar-refractivity contribution is 0.190. The Labute approximate surface area is 130 Å². The number of benzene rings is 2. The molecule has 0 saturated heterocycles. The fraction of sp³-hybridized carbons (Fsp3) is 0.294. The van der Waals surface area contributed by atoms with Crippen molar-refractivity contribution in [3.8, 4) is 17.2 Å². The van der Waals surface area contributed by atoms with E-state index in [0.29, 0.717) is 22.8 Å². The number of hydrogen-bond acceptors (Lipinski definition) is 3. The molecule has 1 N–H and O–H groups in total. The number of aryl methyl sites for hydroxylation is 1. The smallest absolute Gasteiger partial charge is 0.136 e. The van der Waals surface area contributed by atoms with Gasteiger partial charge in [-0.05, 0) is 49.2 Å². The third-order valence-corrected chi connectivity index (χ3v) is 3.66. The monoisotopic (exact) mass is 306 g/mol. The van der Waals surface area contributed by atoms with Crippen molar-refractivity contribution < 1.29 is 14.6 Å². The molecule has 2 rings (SSSR count). The van der Waals surface area contributed by atoms with Gasteiger partial charge in [-0.15, -0.1) is 0 Å². The zero-order valence-corrected chi connectivity index (χ0v) is 13.1. The standard InChI is InChI=1S/C17H19ClO3/c1-4-12-10-13(8-9-14(12)18)21-16-7-5-6-15(20-3)17(16)11(2)19/h5-11,19H,4H2,1-3H3. The minimum absolute atomic E-state index is 0.578. The van der Waals surface area contributed by atoms with Gasteiger partial charge in [-0.1, -0.05) is 24.6 Å². The fourth-order valence-corrected chi connectivity index (χ4v) is 2.47. The summed E-state index contributed by atoms with van der Waals surface area (Å²) >= 11 is 6.11. The zero-order valence-electron chi connectivity index (χ0n) is 12.4. The number of rotatable bonds is 5. The fourth-order valence-electron chi connectivity index (χ4n) is 2.22. The largest absolute Gasteiger partial charge is 0.496 e. The van der Waals surface area contributed by atoms with E-state index in [0.717, 1.165) is 17.0 Å². The average Bonchev–Trinajstić information content (AvgIpc) is 2.48. The maximum Gasteiger partial charge on any atom is 0.136 e. The molecule has 0 bridgehead atoms. The van der Waals surface area contributed by atoms with Crippen molar-refractivity contribution in [3.05, 3.63) is 52.5 Å². The summed E-state index contributed by atoms with van der Waals surface area (Å²) in [5, 5.41) is 10.7. The Morgan fingerprint density at radius 2 is 1.90 bits per heavy atom. The molecule has 1 atom stereocenters. The Kier molecular flexibility index (Phi) is 5.10. The van der Waals surface area contributed by atoms with E-state index >= 15 is 0 Å². The highest BCUT2D eigenvalue weighted by atomic mass is 35.5. The van der Waals surface area contributed by atoms with Crippen LogP contribution in [-0.4, -0.2) is 12.2 Å². The van der Waals surface area contributed by atoms with Crippen molar-refractivity contribution in [2.45, 2.75) is 26.4 Å². The van der Waals surface area contributed by atoms with Crippen molar-refractivity contribution in [2.75, 3.05) is 7.11 Å². The van der Waals surface area contributed by atoms with Gasteiger partial charge in [0.25, 0.3) is 0 Å². The second-order valence-corrected chi connectivity index (χ2v) is 5.16. The van der Waals surface area contributed by atoms with Crippen molar-refractivity contribution >= 4 is 11.6 Å². The first kappa shape index (κ1) is 15.7. The van der Waals surface area contributed by atoms with Crippen molar-refractivity contribution in [2.24, 2.45) is 0 Å². The highest BCUT2D eigenvalue weighted by molar-refractivity contribution is 6.31. The normalized spacial score (nSPS) is 12.0. The van der Waals surface area contributed by atoms with Crippen molar-refractivity contribution in [1.82, 2.24) is 0 Å². The number of ether oxygens (including phenoxy) is 2. The quantitative estimate of drug-likeness (QED) is 0.866. The van der Waals surface area contributed by atoms with Crippen LogP contribution >= 0.6 is 11.6 Å². The topological polar surface area (TPSA) is 38.7 Å².